The van der Waals surface area contributed by atoms with Gasteiger partial charge in [0, 0.05) is 11.3 Å². The number of nitrogens with zero attached hydrogens (tertiary/aromatic N) is 3. The van der Waals surface area contributed by atoms with Crippen LogP contribution in [0.25, 0.3) is 5.69 Å². The minimum atomic E-state index is -0.114. The lowest BCUT2D eigenvalue weighted by atomic mass is 10.2. The molecule has 0 spiro atoms. The zero-order valence-electron chi connectivity index (χ0n) is 11.6. The van der Waals surface area contributed by atoms with Gasteiger partial charge in [-0.25, -0.2) is 4.68 Å². The van der Waals surface area contributed by atoms with Crippen LogP contribution in [0, 0.1) is 0 Å². The number of ether oxygens (including phenoxy) is 1. The van der Waals surface area contributed by atoms with Gasteiger partial charge in [-0.05, 0) is 35.7 Å². The molecule has 2 heterocycles. The fourth-order valence-electron chi connectivity index (χ4n) is 2.14. The van der Waals surface area contributed by atoms with Crippen molar-refractivity contribution in [2.75, 3.05) is 7.11 Å². The maximum atomic E-state index is 9.46. The molecule has 0 bridgehead atoms. The average Bonchev–Trinajstić information content (AvgIpc) is 3.17. The lowest BCUT2D eigenvalue weighted by molar-refractivity contribution is 0.275. The van der Waals surface area contributed by atoms with Crippen LogP contribution in [0.15, 0.2) is 41.8 Å². The van der Waals surface area contributed by atoms with Gasteiger partial charge >= 0.3 is 0 Å². The molecule has 0 saturated carbocycles. The summed E-state index contributed by atoms with van der Waals surface area (Å²) in [5.41, 5.74) is 2.42. The van der Waals surface area contributed by atoms with Crippen molar-refractivity contribution in [1.82, 2.24) is 15.0 Å². The molecule has 6 heteroatoms. The Morgan fingerprint density at radius 3 is 2.67 bits per heavy atom. The Hall–Kier alpha value is -2.18. The lowest BCUT2D eigenvalue weighted by Gasteiger charge is -2.07. The largest absolute Gasteiger partial charge is 0.497 e. The number of methoxy groups -OCH3 is 1. The van der Waals surface area contributed by atoms with E-state index in [2.05, 4.69) is 16.4 Å². The molecule has 3 aromatic rings. The van der Waals surface area contributed by atoms with E-state index < -0.39 is 0 Å². The van der Waals surface area contributed by atoms with E-state index in [1.165, 1.54) is 4.88 Å². The Morgan fingerprint density at radius 2 is 2.05 bits per heavy atom. The van der Waals surface area contributed by atoms with Crippen LogP contribution < -0.4 is 4.74 Å². The SMILES string of the molecule is COc1ccc(-n2nnc(CO)c2Cc2cccs2)cc1. The topological polar surface area (TPSA) is 60.2 Å². The van der Waals surface area contributed by atoms with Gasteiger partial charge in [0.1, 0.15) is 11.4 Å². The molecule has 0 aliphatic rings. The van der Waals surface area contributed by atoms with Crippen molar-refractivity contribution in [3.8, 4) is 11.4 Å². The summed E-state index contributed by atoms with van der Waals surface area (Å²) in [6, 6.07) is 11.7. The molecular weight excluding hydrogens is 286 g/mol. The minimum absolute atomic E-state index is 0.114. The first-order valence-corrected chi connectivity index (χ1v) is 7.41. The molecule has 0 amide bonds. The highest BCUT2D eigenvalue weighted by Crippen LogP contribution is 2.21. The Bertz CT molecular complexity index is 705. The average molecular weight is 301 g/mol. The molecule has 1 N–H and O–H groups in total. The Balaban J connectivity index is 1.99. The molecular formula is C15H15N3O2S. The van der Waals surface area contributed by atoms with E-state index in [-0.39, 0.29) is 6.61 Å². The van der Waals surface area contributed by atoms with Crippen molar-refractivity contribution in [2.45, 2.75) is 13.0 Å². The zero-order chi connectivity index (χ0) is 14.7. The minimum Gasteiger partial charge on any atom is -0.497 e. The highest BCUT2D eigenvalue weighted by molar-refractivity contribution is 7.09. The first-order valence-electron chi connectivity index (χ1n) is 6.53. The summed E-state index contributed by atoms with van der Waals surface area (Å²) in [7, 11) is 1.64. The molecule has 21 heavy (non-hydrogen) atoms. The Labute approximate surface area is 126 Å². The maximum absolute atomic E-state index is 9.46. The predicted octanol–water partition coefficient (Wildman–Crippen LogP) is 2.42. The van der Waals surface area contributed by atoms with Crippen LogP contribution in [0.5, 0.6) is 5.75 Å². The standard InChI is InChI=1S/C15H15N3O2S/c1-20-12-6-4-11(5-7-12)18-15(14(10-19)16-17-18)9-13-3-2-8-21-13/h2-8,19H,9-10H2,1H3. The van der Waals surface area contributed by atoms with E-state index in [1.54, 1.807) is 23.1 Å². The molecule has 0 aliphatic carbocycles. The van der Waals surface area contributed by atoms with E-state index >= 15 is 0 Å². The van der Waals surface area contributed by atoms with Gasteiger partial charge in [0.2, 0.25) is 0 Å². The molecule has 0 radical (unpaired) electrons. The van der Waals surface area contributed by atoms with E-state index in [0.29, 0.717) is 12.1 Å². The highest BCUT2D eigenvalue weighted by Gasteiger charge is 2.14. The second-order valence-electron chi connectivity index (χ2n) is 4.51. The van der Waals surface area contributed by atoms with Crippen molar-refractivity contribution in [3.63, 3.8) is 0 Å². The van der Waals surface area contributed by atoms with Gasteiger partial charge < -0.3 is 9.84 Å². The molecule has 2 aromatic heterocycles. The van der Waals surface area contributed by atoms with Crippen LogP contribution in [-0.2, 0) is 13.0 Å². The summed E-state index contributed by atoms with van der Waals surface area (Å²) in [4.78, 5) is 1.21. The third-order valence-electron chi connectivity index (χ3n) is 3.23. The number of aliphatic hydroxyl groups is 1. The van der Waals surface area contributed by atoms with Crippen molar-refractivity contribution in [1.29, 1.82) is 0 Å². The van der Waals surface area contributed by atoms with Crippen molar-refractivity contribution >= 4 is 11.3 Å². The molecule has 0 saturated heterocycles. The van der Waals surface area contributed by atoms with E-state index in [1.807, 2.05) is 35.7 Å². The molecule has 0 fully saturated rings. The number of thiophene rings is 1. The summed E-state index contributed by atoms with van der Waals surface area (Å²) in [5, 5.41) is 19.7. The third kappa shape index (κ3) is 2.81. The molecule has 3 rings (SSSR count). The molecule has 0 atom stereocenters. The monoisotopic (exact) mass is 301 g/mol. The van der Waals surface area contributed by atoms with E-state index in [0.717, 1.165) is 17.1 Å². The van der Waals surface area contributed by atoms with Crippen molar-refractivity contribution < 1.29 is 9.84 Å². The van der Waals surface area contributed by atoms with E-state index in [4.69, 9.17) is 4.74 Å². The van der Waals surface area contributed by atoms with Crippen LogP contribution >= 0.6 is 11.3 Å². The fourth-order valence-corrected chi connectivity index (χ4v) is 2.85. The summed E-state index contributed by atoms with van der Waals surface area (Å²) in [6.45, 7) is -0.114. The molecule has 108 valence electrons. The normalized spacial score (nSPS) is 10.8. The van der Waals surface area contributed by atoms with Crippen molar-refractivity contribution in [3.05, 3.63) is 58.0 Å². The van der Waals surface area contributed by atoms with Crippen LogP contribution in [0.3, 0.4) is 0 Å². The van der Waals surface area contributed by atoms with Gasteiger partial charge in [-0.2, -0.15) is 0 Å². The molecule has 5 nitrogen and oxygen atoms in total. The summed E-state index contributed by atoms with van der Waals surface area (Å²) in [5.74, 6) is 0.793. The Kier molecular flexibility index (Phi) is 3.98. The second kappa shape index (κ2) is 6.07. The Morgan fingerprint density at radius 1 is 1.24 bits per heavy atom. The third-order valence-corrected chi connectivity index (χ3v) is 4.11. The van der Waals surface area contributed by atoms with Gasteiger partial charge in [-0.1, -0.05) is 11.3 Å². The lowest BCUT2D eigenvalue weighted by Crippen LogP contribution is -2.04. The fraction of sp³-hybridized carbons (Fsp3) is 0.200. The van der Waals surface area contributed by atoms with Crippen LogP contribution in [0.4, 0.5) is 0 Å². The number of aliphatic hydroxyl groups excluding tert-OH is 1. The highest BCUT2D eigenvalue weighted by atomic mass is 32.1. The number of hydrogen-bond donors (Lipinski definition) is 1. The number of aromatic nitrogens is 3. The maximum Gasteiger partial charge on any atom is 0.119 e. The van der Waals surface area contributed by atoms with Crippen LogP contribution in [-0.4, -0.2) is 27.2 Å². The summed E-state index contributed by atoms with van der Waals surface area (Å²) in [6.07, 6.45) is 0.701. The van der Waals surface area contributed by atoms with Gasteiger partial charge in [-0.15, -0.1) is 16.4 Å². The molecule has 0 unspecified atom stereocenters. The van der Waals surface area contributed by atoms with Gasteiger partial charge in [0.25, 0.3) is 0 Å². The summed E-state index contributed by atoms with van der Waals surface area (Å²) < 4.78 is 6.93. The second-order valence-corrected chi connectivity index (χ2v) is 5.54. The van der Waals surface area contributed by atoms with Crippen LogP contribution in [0.1, 0.15) is 16.3 Å². The molecule has 1 aromatic carbocycles. The van der Waals surface area contributed by atoms with Gasteiger partial charge in [0.05, 0.1) is 25.1 Å². The quantitative estimate of drug-likeness (QED) is 0.786. The van der Waals surface area contributed by atoms with Gasteiger partial charge in [-0.3, -0.25) is 0 Å². The summed E-state index contributed by atoms with van der Waals surface area (Å²) >= 11 is 1.68. The smallest absolute Gasteiger partial charge is 0.119 e. The number of hydrogen-bond acceptors (Lipinski definition) is 5. The van der Waals surface area contributed by atoms with Crippen molar-refractivity contribution in [2.24, 2.45) is 0 Å². The van der Waals surface area contributed by atoms with E-state index in [9.17, 15) is 5.11 Å². The first kappa shape index (κ1) is 13.8. The van der Waals surface area contributed by atoms with Gasteiger partial charge in [0.15, 0.2) is 0 Å². The first-order chi connectivity index (χ1) is 10.3. The number of rotatable bonds is 5. The zero-order valence-corrected chi connectivity index (χ0v) is 12.4. The predicted molar refractivity (Wildman–Crippen MR) is 81.0 cm³/mol. The number of benzene rings is 1. The van der Waals surface area contributed by atoms with Crippen LogP contribution in [0.2, 0.25) is 0 Å². The molecule has 0 aliphatic heterocycles.